The molecule has 1 amide bonds. The van der Waals surface area contributed by atoms with Crippen LogP contribution < -0.4 is 10.2 Å². The zero-order valence-electron chi connectivity index (χ0n) is 12.7. The Labute approximate surface area is 135 Å². The Kier molecular flexibility index (Phi) is 4.68. The van der Waals surface area contributed by atoms with Crippen LogP contribution in [0.3, 0.4) is 0 Å². The summed E-state index contributed by atoms with van der Waals surface area (Å²) in [5, 5.41) is 3.73. The highest BCUT2D eigenvalue weighted by atomic mass is 32.2. The molecule has 0 spiro atoms. The van der Waals surface area contributed by atoms with Gasteiger partial charge in [-0.25, -0.2) is 0 Å². The maximum absolute atomic E-state index is 12.6. The molecule has 0 bridgehead atoms. The summed E-state index contributed by atoms with van der Waals surface area (Å²) < 4.78 is 0. The lowest BCUT2D eigenvalue weighted by molar-refractivity contribution is -0.117. The number of benzene rings is 2. The highest BCUT2D eigenvalue weighted by Crippen LogP contribution is 2.37. The first-order chi connectivity index (χ1) is 10.7. The molecule has 1 aliphatic rings. The van der Waals surface area contributed by atoms with Crippen molar-refractivity contribution in [1.29, 1.82) is 0 Å². The maximum atomic E-state index is 12.6. The van der Waals surface area contributed by atoms with Gasteiger partial charge in [0.05, 0.1) is 12.2 Å². The van der Waals surface area contributed by atoms with Gasteiger partial charge >= 0.3 is 0 Å². The first-order valence-corrected chi connectivity index (χ1v) is 8.47. The van der Waals surface area contributed by atoms with Crippen molar-refractivity contribution in [3.8, 4) is 0 Å². The van der Waals surface area contributed by atoms with Crippen LogP contribution >= 0.6 is 11.8 Å². The average molecular weight is 312 g/mol. The fraction of sp³-hybridized carbons (Fsp3) is 0.278. The third-order valence-electron chi connectivity index (χ3n) is 3.76. The number of nitrogens with one attached hydrogen (secondary N) is 1. The zero-order chi connectivity index (χ0) is 15.4. The predicted molar refractivity (Wildman–Crippen MR) is 93.7 cm³/mol. The number of hydrogen-bond acceptors (Lipinski definition) is 3. The lowest BCUT2D eigenvalue weighted by Crippen LogP contribution is -2.36. The summed E-state index contributed by atoms with van der Waals surface area (Å²) in [5.41, 5.74) is 2.01. The van der Waals surface area contributed by atoms with E-state index >= 15 is 0 Å². The quantitative estimate of drug-likeness (QED) is 0.929. The molecular weight excluding hydrogens is 292 g/mol. The molecule has 0 radical (unpaired) electrons. The molecule has 2 aromatic carbocycles. The number of para-hydroxylation sites is 2. The Morgan fingerprint density at radius 2 is 1.91 bits per heavy atom. The molecule has 114 valence electrons. The monoisotopic (exact) mass is 312 g/mol. The van der Waals surface area contributed by atoms with E-state index in [1.54, 1.807) is 0 Å². The van der Waals surface area contributed by atoms with Gasteiger partial charge in [0.15, 0.2) is 0 Å². The van der Waals surface area contributed by atoms with Gasteiger partial charge in [0.1, 0.15) is 0 Å². The molecule has 0 aromatic heterocycles. The van der Waals surface area contributed by atoms with Crippen molar-refractivity contribution in [1.82, 2.24) is 0 Å². The van der Waals surface area contributed by atoms with Crippen LogP contribution in [0, 0.1) is 0 Å². The summed E-state index contributed by atoms with van der Waals surface area (Å²) in [7, 11) is 0. The van der Waals surface area contributed by atoms with Crippen LogP contribution in [0.4, 0.5) is 11.4 Å². The van der Waals surface area contributed by atoms with Crippen LogP contribution in [-0.4, -0.2) is 24.2 Å². The molecule has 0 saturated carbocycles. The summed E-state index contributed by atoms with van der Waals surface area (Å²) >= 11 is 1.85. The molecule has 1 aliphatic heterocycles. The molecule has 3 rings (SSSR count). The number of nitrogens with zero attached hydrogens (tertiary/aromatic N) is 1. The molecule has 4 heteroatoms. The minimum atomic E-state index is 0.117. The second kappa shape index (κ2) is 6.88. The number of anilines is 2. The van der Waals surface area contributed by atoms with Crippen LogP contribution in [0.2, 0.25) is 0 Å². The molecule has 0 aliphatic carbocycles. The highest BCUT2D eigenvalue weighted by molar-refractivity contribution is 8.00. The standard InChI is InChI=1S/C18H20N2OS/c1-14-11-12-20(16-9-5-6-10-17(16)22-14)18(21)13-19-15-7-3-2-4-8-15/h2-10,14,19H,11-13H2,1H3. The largest absolute Gasteiger partial charge is 0.376 e. The molecular formula is C18H20N2OS. The Bertz CT molecular complexity index is 645. The van der Waals surface area contributed by atoms with Crippen molar-refractivity contribution >= 4 is 29.0 Å². The Morgan fingerprint density at radius 3 is 2.73 bits per heavy atom. The number of hydrogen-bond donors (Lipinski definition) is 1. The van der Waals surface area contributed by atoms with Crippen molar-refractivity contribution in [2.45, 2.75) is 23.5 Å². The number of rotatable bonds is 3. The van der Waals surface area contributed by atoms with Crippen LogP contribution in [0.25, 0.3) is 0 Å². The van der Waals surface area contributed by atoms with Crippen LogP contribution in [0.15, 0.2) is 59.5 Å². The number of amides is 1. The highest BCUT2D eigenvalue weighted by Gasteiger charge is 2.23. The van der Waals surface area contributed by atoms with Gasteiger partial charge in [-0.3, -0.25) is 4.79 Å². The van der Waals surface area contributed by atoms with Crippen molar-refractivity contribution < 1.29 is 4.79 Å². The van der Waals surface area contributed by atoms with Gasteiger partial charge < -0.3 is 10.2 Å². The molecule has 2 aromatic rings. The van der Waals surface area contributed by atoms with Crippen LogP contribution in [-0.2, 0) is 4.79 Å². The summed E-state index contributed by atoms with van der Waals surface area (Å²) in [5.74, 6) is 0.117. The number of fused-ring (bicyclic) bond motifs is 1. The van der Waals surface area contributed by atoms with Crippen LogP contribution in [0.5, 0.6) is 0 Å². The van der Waals surface area contributed by atoms with Crippen molar-refractivity contribution in [3.05, 3.63) is 54.6 Å². The van der Waals surface area contributed by atoms with E-state index in [0.717, 1.165) is 24.3 Å². The normalized spacial score (nSPS) is 17.5. The predicted octanol–water partition coefficient (Wildman–Crippen LogP) is 4.02. The Balaban J connectivity index is 1.74. The molecule has 1 unspecified atom stereocenters. The molecule has 1 N–H and O–H groups in total. The lowest BCUT2D eigenvalue weighted by atomic mass is 10.2. The molecule has 3 nitrogen and oxygen atoms in total. The summed E-state index contributed by atoms with van der Waals surface area (Å²) in [6, 6.07) is 18.0. The second-order valence-electron chi connectivity index (χ2n) is 5.45. The summed E-state index contributed by atoms with van der Waals surface area (Å²) in [6.45, 7) is 3.31. The van der Waals surface area contributed by atoms with Crippen molar-refractivity contribution in [3.63, 3.8) is 0 Å². The van der Waals surface area contributed by atoms with E-state index in [1.165, 1.54) is 4.90 Å². The van der Waals surface area contributed by atoms with Gasteiger partial charge in [-0.05, 0) is 30.7 Å². The number of thioether (sulfide) groups is 1. The van der Waals surface area contributed by atoms with E-state index in [0.29, 0.717) is 11.8 Å². The molecule has 1 heterocycles. The fourth-order valence-corrected chi connectivity index (χ4v) is 3.69. The van der Waals surface area contributed by atoms with Gasteiger partial charge in [0, 0.05) is 22.4 Å². The van der Waals surface area contributed by atoms with Gasteiger partial charge in [0.25, 0.3) is 0 Å². The lowest BCUT2D eigenvalue weighted by Gasteiger charge is -2.23. The van der Waals surface area contributed by atoms with Crippen molar-refractivity contribution in [2.24, 2.45) is 0 Å². The topological polar surface area (TPSA) is 32.3 Å². The van der Waals surface area contributed by atoms with Crippen molar-refractivity contribution in [2.75, 3.05) is 23.3 Å². The fourth-order valence-electron chi connectivity index (χ4n) is 2.57. The van der Waals surface area contributed by atoms with Gasteiger partial charge in [0.2, 0.25) is 5.91 Å². The Morgan fingerprint density at radius 1 is 1.18 bits per heavy atom. The minimum absolute atomic E-state index is 0.117. The van der Waals surface area contributed by atoms with Gasteiger partial charge in [-0.1, -0.05) is 37.3 Å². The first-order valence-electron chi connectivity index (χ1n) is 7.59. The smallest absolute Gasteiger partial charge is 0.246 e. The van der Waals surface area contributed by atoms with Gasteiger partial charge in [-0.15, -0.1) is 11.8 Å². The average Bonchev–Trinajstić information content (AvgIpc) is 2.72. The maximum Gasteiger partial charge on any atom is 0.246 e. The number of carbonyl (C=O) groups is 1. The van der Waals surface area contributed by atoms with Gasteiger partial charge in [-0.2, -0.15) is 0 Å². The van der Waals surface area contributed by atoms with E-state index in [1.807, 2.05) is 65.2 Å². The first kappa shape index (κ1) is 15.0. The van der Waals surface area contributed by atoms with E-state index in [-0.39, 0.29) is 5.91 Å². The number of carbonyl (C=O) groups excluding carboxylic acids is 1. The molecule has 0 saturated heterocycles. The SMILES string of the molecule is CC1CCN(C(=O)CNc2ccccc2)c2ccccc2S1. The van der Waals surface area contributed by atoms with E-state index < -0.39 is 0 Å². The van der Waals surface area contributed by atoms with E-state index in [4.69, 9.17) is 0 Å². The molecule has 1 atom stereocenters. The minimum Gasteiger partial charge on any atom is -0.376 e. The zero-order valence-corrected chi connectivity index (χ0v) is 13.5. The summed E-state index contributed by atoms with van der Waals surface area (Å²) in [6.07, 6.45) is 1.01. The molecule has 22 heavy (non-hydrogen) atoms. The summed E-state index contributed by atoms with van der Waals surface area (Å²) in [4.78, 5) is 15.8. The van der Waals surface area contributed by atoms with E-state index in [9.17, 15) is 4.79 Å². The molecule has 0 fully saturated rings. The second-order valence-corrected chi connectivity index (χ2v) is 6.93. The Hall–Kier alpha value is -1.94. The van der Waals surface area contributed by atoms with Crippen LogP contribution in [0.1, 0.15) is 13.3 Å². The van der Waals surface area contributed by atoms with E-state index in [2.05, 4.69) is 18.3 Å². The third kappa shape index (κ3) is 3.45. The third-order valence-corrected chi connectivity index (χ3v) is 5.00.